The maximum Gasteiger partial charge on any atom is 0.0678 e. The summed E-state index contributed by atoms with van der Waals surface area (Å²) in [4.78, 5) is 2.54. The first kappa shape index (κ1) is 17.4. The summed E-state index contributed by atoms with van der Waals surface area (Å²) in [6.07, 6.45) is 3.22. The zero-order valence-electron chi connectivity index (χ0n) is 14.9. The minimum atomic E-state index is 0.374. The van der Waals surface area contributed by atoms with Gasteiger partial charge >= 0.3 is 0 Å². The first-order valence-electron chi connectivity index (χ1n) is 8.55. The molecular formula is C17H32N4O. The van der Waals surface area contributed by atoms with Crippen molar-refractivity contribution < 1.29 is 4.74 Å². The third-order valence-electron chi connectivity index (χ3n) is 4.53. The topological polar surface area (TPSA) is 42.3 Å². The Labute approximate surface area is 135 Å². The van der Waals surface area contributed by atoms with Crippen molar-refractivity contribution in [3.8, 4) is 0 Å². The van der Waals surface area contributed by atoms with Crippen LogP contribution in [0.5, 0.6) is 0 Å². The second-order valence-corrected chi connectivity index (χ2v) is 6.67. The number of rotatable bonds is 7. The van der Waals surface area contributed by atoms with Crippen molar-refractivity contribution in [2.75, 3.05) is 26.2 Å². The quantitative estimate of drug-likeness (QED) is 0.783. The second-order valence-electron chi connectivity index (χ2n) is 6.67. The van der Waals surface area contributed by atoms with E-state index in [-0.39, 0.29) is 0 Å². The van der Waals surface area contributed by atoms with E-state index in [0.717, 1.165) is 31.9 Å². The van der Waals surface area contributed by atoms with Crippen molar-refractivity contribution in [1.82, 2.24) is 20.0 Å². The van der Waals surface area contributed by atoms with E-state index in [1.165, 1.54) is 30.6 Å². The average molecular weight is 308 g/mol. The molecule has 2 heterocycles. The van der Waals surface area contributed by atoms with Crippen LogP contribution in [0.2, 0.25) is 0 Å². The average Bonchev–Trinajstić information content (AvgIpc) is 2.67. The smallest absolute Gasteiger partial charge is 0.0678 e. The van der Waals surface area contributed by atoms with Gasteiger partial charge in [-0.1, -0.05) is 0 Å². The molecule has 5 heteroatoms. The molecule has 126 valence electrons. The highest BCUT2D eigenvalue weighted by atomic mass is 16.5. The molecule has 22 heavy (non-hydrogen) atoms. The normalized spacial score (nSPS) is 23.1. The number of unbranched alkanes of at least 4 members (excludes halogenated alkanes) is 1. The third-order valence-corrected chi connectivity index (χ3v) is 4.53. The SMILES string of the molecule is Cc1nn(C)c(C)c1CNCCCCN1C[C@H](C)O[C@@H](C)C1. The van der Waals surface area contributed by atoms with Crippen molar-refractivity contribution in [2.45, 2.75) is 59.3 Å². The highest BCUT2D eigenvalue weighted by Gasteiger charge is 2.21. The van der Waals surface area contributed by atoms with Crippen LogP contribution >= 0.6 is 0 Å². The number of hydrogen-bond acceptors (Lipinski definition) is 4. The number of aromatic nitrogens is 2. The Morgan fingerprint density at radius 2 is 1.86 bits per heavy atom. The zero-order valence-corrected chi connectivity index (χ0v) is 14.9. The van der Waals surface area contributed by atoms with Gasteiger partial charge in [-0.3, -0.25) is 9.58 Å². The molecule has 2 atom stereocenters. The minimum Gasteiger partial charge on any atom is -0.373 e. The summed E-state index contributed by atoms with van der Waals surface area (Å²) >= 11 is 0. The third kappa shape index (κ3) is 4.80. The number of nitrogens with zero attached hydrogens (tertiary/aromatic N) is 3. The van der Waals surface area contributed by atoms with Crippen molar-refractivity contribution in [3.05, 3.63) is 17.0 Å². The van der Waals surface area contributed by atoms with Gasteiger partial charge in [0, 0.05) is 37.9 Å². The molecule has 1 aliphatic rings. The zero-order chi connectivity index (χ0) is 16.1. The van der Waals surface area contributed by atoms with E-state index >= 15 is 0 Å². The van der Waals surface area contributed by atoms with Gasteiger partial charge in [-0.05, 0) is 53.6 Å². The molecule has 1 saturated heterocycles. The summed E-state index contributed by atoms with van der Waals surface area (Å²) in [6.45, 7) is 13.9. The lowest BCUT2D eigenvalue weighted by molar-refractivity contribution is -0.0681. The van der Waals surface area contributed by atoms with E-state index in [9.17, 15) is 0 Å². The number of aryl methyl sites for hydroxylation is 2. The fourth-order valence-corrected chi connectivity index (χ4v) is 3.34. The number of hydrogen-bond donors (Lipinski definition) is 1. The first-order chi connectivity index (χ1) is 10.5. The first-order valence-corrected chi connectivity index (χ1v) is 8.55. The standard InChI is InChI=1S/C17H32N4O/c1-13-11-21(12-14(2)22-13)9-7-6-8-18-10-17-15(3)19-20(5)16(17)4/h13-14,18H,6-12H2,1-5H3/t13-,14-/m0/s1. The van der Waals surface area contributed by atoms with E-state index in [1.54, 1.807) is 0 Å². The number of morpholine rings is 1. The van der Waals surface area contributed by atoms with Gasteiger partial charge in [-0.2, -0.15) is 5.10 Å². The highest BCUT2D eigenvalue weighted by molar-refractivity contribution is 5.23. The highest BCUT2D eigenvalue weighted by Crippen LogP contribution is 2.12. The predicted molar refractivity (Wildman–Crippen MR) is 90.1 cm³/mol. The lowest BCUT2D eigenvalue weighted by atomic mass is 10.2. The van der Waals surface area contributed by atoms with Gasteiger partial charge in [-0.25, -0.2) is 0 Å². The molecule has 1 aliphatic heterocycles. The fraction of sp³-hybridized carbons (Fsp3) is 0.824. The molecule has 0 aromatic carbocycles. The molecule has 0 spiro atoms. The molecule has 1 aromatic rings. The molecule has 5 nitrogen and oxygen atoms in total. The molecule has 1 N–H and O–H groups in total. The predicted octanol–water partition coefficient (Wildman–Crippen LogP) is 2.02. The van der Waals surface area contributed by atoms with E-state index in [4.69, 9.17) is 4.74 Å². The molecule has 0 radical (unpaired) electrons. The Hall–Kier alpha value is -0.910. The molecule has 0 unspecified atom stereocenters. The van der Waals surface area contributed by atoms with Gasteiger partial charge < -0.3 is 10.1 Å². The van der Waals surface area contributed by atoms with Gasteiger partial charge in [0.25, 0.3) is 0 Å². The molecule has 0 bridgehead atoms. The van der Waals surface area contributed by atoms with Crippen molar-refractivity contribution in [3.63, 3.8) is 0 Å². The Morgan fingerprint density at radius 1 is 1.18 bits per heavy atom. The monoisotopic (exact) mass is 308 g/mol. The van der Waals surface area contributed by atoms with E-state index in [2.05, 4.69) is 43.0 Å². The fourth-order valence-electron chi connectivity index (χ4n) is 3.34. The maximum atomic E-state index is 5.77. The van der Waals surface area contributed by atoms with Crippen molar-refractivity contribution in [2.24, 2.45) is 7.05 Å². The van der Waals surface area contributed by atoms with Crippen molar-refractivity contribution in [1.29, 1.82) is 0 Å². The molecule has 2 rings (SSSR count). The van der Waals surface area contributed by atoms with Crippen LogP contribution in [0.3, 0.4) is 0 Å². The molecule has 0 aliphatic carbocycles. The van der Waals surface area contributed by atoms with Crippen molar-refractivity contribution >= 4 is 0 Å². The molecule has 0 saturated carbocycles. The molecule has 1 aromatic heterocycles. The van der Waals surface area contributed by atoms with Gasteiger partial charge in [0.15, 0.2) is 0 Å². The van der Waals surface area contributed by atoms with Gasteiger partial charge in [0.1, 0.15) is 0 Å². The van der Waals surface area contributed by atoms with Crippen LogP contribution in [-0.2, 0) is 18.3 Å². The van der Waals surface area contributed by atoms with Crippen LogP contribution in [0.1, 0.15) is 43.6 Å². The van der Waals surface area contributed by atoms with E-state index < -0.39 is 0 Å². The van der Waals surface area contributed by atoms with E-state index in [1.807, 2.05) is 11.7 Å². The van der Waals surface area contributed by atoms with Crippen LogP contribution < -0.4 is 5.32 Å². The number of nitrogens with one attached hydrogen (secondary N) is 1. The van der Waals surface area contributed by atoms with Gasteiger partial charge in [0.2, 0.25) is 0 Å². The van der Waals surface area contributed by atoms with Crippen LogP contribution in [0.4, 0.5) is 0 Å². The molecular weight excluding hydrogens is 276 g/mol. The second kappa shape index (κ2) is 8.09. The maximum absolute atomic E-state index is 5.77. The van der Waals surface area contributed by atoms with Gasteiger partial charge in [0.05, 0.1) is 17.9 Å². The minimum absolute atomic E-state index is 0.374. The molecule has 1 fully saturated rings. The van der Waals surface area contributed by atoms with Crippen LogP contribution in [0.15, 0.2) is 0 Å². The summed E-state index contributed by atoms with van der Waals surface area (Å²) in [5.74, 6) is 0. The largest absolute Gasteiger partial charge is 0.373 e. The lowest BCUT2D eigenvalue weighted by Gasteiger charge is -2.35. The van der Waals surface area contributed by atoms with Crippen LogP contribution in [0.25, 0.3) is 0 Å². The summed E-state index contributed by atoms with van der Waals surface area (Å²) in [5, 5.41) is 8.01. The number of ether oxygens (including phenoxy) is 1. The molecule has 0 amide bonds. The van der Waals surface area contributed by atoms with Gasteiger partial charge in [-0.15, -0.1) is 0 Å². The lowest BCUT2D eigenvalue weighted by Crippen LogP contribution is -2.45. The Kier molecular flexibility index (Phi) is 6.41. The summed E-state index contributed by atoms with van der Waals surface area (Å²) in [7, 11) is 2.01. The van der Waals surface area contributed by atoms with Crippen LogP contribution in [-0.4, -0.2) is 53.1 Å². The summed E-state index contributed by atoms with van der Waals surface area (Å²) in [6, 6.07) is 0. The Morgan fingerprint density at radius 3 is 2.45 bits per heavy atom. The summed E-state index contributed by atoms with van der Waals surface area (Å²) < 4.78 is 7.74. The summed E-state index contributed by atoms with van der Waals surface area (Å²) in [5.41, 5.74) is 3.75. The Bertz CT molecular complexity index is 461. The Balaban J connectivity index is 1.60. The van der Waals surface area contributed by atoms with E-state index in [0.29, 0.717) is 12.2 Å². The van der Waals surface area contributed by atoms with Crippen LogP contribution in [0, 0.1) is 13.8 Å².